The summed E-state index contributed by atoms with van der Waals surface area (Å²) in [7, 11) is 0. The lowest BCUT2D eigenvalue weighted by molar-refractivity contribution is -0.167. The van der Waals surface area contributed by atoms with Crippen molar-refractivity contribution in [2.45, 2.75) is 290 Å². The summed E-state index contributed by atoms with van der Waals surface area (Å²) in [4.78, 5) is 38.1. The summed E-state index contributed by atoms with van der Waals surface area (Å²) >= 11 is 0. The Hall–Kier alpha value is -4.19. The van der Waals surface area contributed by atoms with Crippen molar-refractivity contribution < 1.29 is 28.6 Å². The van der Waals surface area contributed by atoms with Gasteiger partial charge in [0.2, 0.25) is 0 Å². The third-order valence-electron chi connectivity index (χ3n) is 13.2. The highest BCUT2D eigenvalue weighted by Crippen LogP contribution is 2.16. The standard InChI is InChI=1S/C70H116O6/c1-4-7-10-13-16-19-21-23-25-27-29-31-33-35-37-39-41-43-45-47-49-51-54-57-60-63-69(72)75-66-67(65-74-68(71)62-59-56-53-18-15-12-9-6-3)76-70(73)64-61-58-55-52-50-48-46-44-42-40-38-36-34-32-30-28-26-24-22-20-17-14-11-8-5-2/h7-8,10-11,16-17,19-20,23-26,29-32,35,37,41,43,67H,4-6,9,12-15,18,21-22,27-28,33-34,36,38-40,42,44-66H2,1-3H3/b10-7-,11-8-,19-16-,20-17-,25-23-,26-24-,31-29-,32-30-,37-35-,43-41-. The summed E-state index contributed by atoms with van der Waals surface area (Å²) in [5.41, 5.74) is 0. The van der Waals surface area contributed by atoms with E-state index < -0.39 is 6.10 Å². The van der Waals surface area contributed by atoms with E-state index in [-0.39, 0.29) is 31.1 Å². The fourth-order valence-electron chi connectivity index (χ4n) is 8.56. The zero-order chi connectivity index (χ0) is 55.0. The maximum Gasteiger partial charge on any atom is 0.306 e. The molecule has 0 spiro atoms. The number of ether oxygens (including phenoxy) is 3. The smallest absolute Gasteiger partial charge is 0.306 e. The van der Waals surface area contributed by atoms with Crippen LogP contribution in [0.2, 0.25) is 0 Å². The van der Waals surface area contributed by atoms with Crippen LogP contribution in [0.1, 0.15) is 284 Å². The molecule has 0 N–H and O–H groups in total. The molecule has 0 aromatic heterocycles. The van der Waals surface area contributed by atoms with Gasteiger partial charge in [-0.15, -0.1) is 0 Å². The highest BCUT2D eigenvalue weighted by molar-refractivity contribution is 5.71. The average Bonchev–Trinajstić information content (AvgIpc) is 3.42. The molecule has 0 bridgehead atoms. The van der Waals surface area contributed by atoms with Gasteiger partial charge in [-0.3, -0.25) is 14.4 Å². The molecule has 0 aliphatic heterocycles. The van der Waals surface area contributed by atoms with Gasteiger partial charge in [-0.25, -0.2) is 0 Å². The Balaban J connectivity index is 4.24. The lowest BCUT2D eigenvalue weighted by Gasteiger charge is -2.18. The van der Waals surface area contributed by atoms with Crippen LogP contribution in [0.4, 0.5) is 0 Å². The first-order valence-corrected chi connectivity index (χ1v) is 31.5. The quantitative estimate of drug-likeness (QED) is 0.0261. The molecule has 0 aliphatic carbocycles. The van der Waals surface area contributed by atoms with E-state index >= 15 is 0 Å². The molecule has 0 aromatic rings. The Morgan fingerprint density at radius 1 is 0.276 bits per heavy atom. The fraction of sp³-hybridized carbons (Fsp3) is 0.671. The molecule has 0 saturated carbocycles. The highest BCUT2D eigenvalue weighted by atomic mass is 16.6. The van der Waals surface area contributed by atoms with Crippen LogP contribution in [0.3, 0.4) is 0 Å². The molecule has 0 saturated heterocycles. The molecule has 0 rings (SSSR count). The first-order chi connectivity index (χ1) is 37.5. The molecular formula is C70H116O6. The monoisotopic (exact) mass is 1050 g/mol. The first kappa shape index (κ1) is 71.8. The normalized spacial score (nSPS) is 12.9. The second-order valence-corrected chi connectivity index (χ2v) is 20.6. The van der Waals surface area contributed by atoms with Crippen LogP contribution in [-0.2, 0) is 28.6 Å². The number of carbonyl (C=O) groups excluding carboxylic acids is 3. The summed E-state index contributed by atoms with van der Waals surface area (Å²) < 4.78 is 16.9. The van der Waals surface area contributed by atoms with E-state index in [0.29, 0.717) is 19.3 Å². The fourth-order valence-corrected chi connectivity index (χ4v) is 8.56. The van der Waals surface area contributed by atoms with Gasteiger partial charge in [-0.2, -0.15) is 0 Å². The topological polar surface area (TPSA) is 78.9 Å². The second-order valence-electron chi connectivity index (χ2n) is 20.6. The van der Waals surface area contributed by atoms with Crippen molar-refractivity contribution in [1.29, 1.82) is 0 Å². The summed E-state index contributed by atoms with van der Waals surface area (Å²) in [6.45, 7) is 6.38. The molecule has 0 heterocycles. The van der Waals surface area contributed by atoms with Crippen LogP contribution >= 0.6 is 0 Å². The van der Waals surface area contributed by atoms with Gasteiger partial charge in [0.05, 0.1) is 0 Å². The zero-order valence-electron chi connectivity index (χ0n) is 49.5. The molecule has 6 heteroatoms. The Morgan fingerprint density at radius 3 is 0.803 bits per heavy atom. The molecule has 6 nitrogen and oxygen atoms in total. The maximum atomic E-state index is 12.9. The van der Waals surface area contributed by atoms with Crippen molar-refractivity contribution in [2.24, 2.45) is 0 Å². The van der Waals surface area contributed by atoms with E-state index in [2.05, 4.69) is 142 Å². The SMILES string of the molecule is CC/C=C\C/C=C\C/C=C\C/C=C\C/C=C\C/C=C\CCCCCCCCC(=O)OCC(COC(=O)CCCCCCCCCC)OC(=O)CCCCCCCCCCCCCC/C=C\C/C=C\C/C=C\C/C=C\CC. The molecule has 0 radical (unpaired) electrons. The average molecular weight is 1050 g/mol. The Morgan fingerprint density at radius 2 is 0.513 bits per heavy atom. The third kappa shape index (κ3) is 60.7. The van der Waals surface area contributed by atoms with E-state index in [1.54, 1.807) is 0 Å². The largest absolute Gasteiger partial charge is 0.462 e. The number of hydrogen-bond donors (Lipinski definition) is 0. The molecular weight excluding hydrogens is 937 g/mol. The van der Waals surface area contributed by atoms with E-state index in [1.807, 2.05) is 0 Å². The van der Waals surface area contributed by atoms with Gasteiger partial charge in [-0.05, 0) is 109 Å². The Labute approximate surface area is 469 Å². The zero-order valence-corrected chi connectivity index (χ0v) is 49.5. The predicted octanol–water partition coefficient (Wildman–Crippen LogP) is 21.6. The Bertz CT molecular complexity index is 1590. The Kier molecular flexibility index (Phi) is 59.9. The van der Waals surface area contributed by atoms with E-state index in [9.17, 15) is 14.4 Å². The highest BCUT2D eigenvalue weighted by Gasteiger charge is 2.19. The van der Waals surface area contributed by atoms with Crippen molar-refractivity contribution >= 4 is 17.9 Å². The second kappa shape index (κ2) is 63.3. The third-order valence-corrected chi connectivity index (χ3v) is 13.2. The van der Waals surface area contributed by atoms with Crippen molar-refractivity contribution in [3.05, 3.63) is 122 Å². The van der Waals surface area contributed by atoms with Crippen LogP contribution in [0.25, 0.3) is 0 Å². The lowest BCUT2D eigenvalue weighted by Crippen LogP contribution is -2.30. The van der Waals surface area contributed by atoms with Crippen molar-refractivity contribution in [2.75, 3.05) is 13.2 Å². The predicted molar refractivity (Wildman–Crippen MR) is 330 cm³/mol. The van der Waals surface area contributed by atoms with Gasteiger partial charge < -0.3 is 14.2 Å². The molecule has 1 atom stereocenters. The number of hydrogen-bond acceptors (Lipinski definition) is 6. The van der Waals surface area contributed by atoms with Crippen molar-refractivity contribution in [3.63, 3.8) is 0 Å². The van der Waals surface area contributed by atoms with Crippen LogP contribution in [-0.4, -0.2) is 37.2 Å². The van der Waals surface area contributed by atoms with Gasteiger partial charge in [-0.1, -0.05) is 277 Å². The molecule has 432 valence electrons. The first-order valence-electron chi connectivity index (χ1n) is 31.5. The van der Waals surface area contributed by atoms with Crippen LogP contribution < -0.4 is 0 Å². The summed E-state index contributed by atoms with van der Waals surface area (Å²) in [6.07, 6.45) is 87.9. The number of allylic oxidation sites excluding steroid dienone is 20. The van der Waals surface area contributed by atoms with E-state index in [1.165, 1.54) is 109 Å². The molecule has 0 amide bonds. The van der Waals surface area contributed by atoms with Gasteiger partial charge in [0, 0.05) is 19.3 Å². The van der Waals surface area contributed by atoms with Crippen LogP contribution in [0.15, 0.2) is 122 Å². The van der Waals surface area contributed by atoms with Gasteiger partial charge in [0.1, 0.15) is 13.2 Å². The lowest BCUT2D eigenvalue weighted by atomic mass is 10.0. The van der Waals surface area contributed by atoms with Crippen LogP contribution in [0.5, 0.6) is 0 Å². The molecule has 1 unspecified atom stereocenters. The number of carbonyl (C=O) groups is 3. The maximum absolute atomic E-state index is 12.9. The summed E-state index contributed by atoms with van der Waals surface area (Å²) in [5.74, 6) is -0.902. The minimum Gasteiger partial charge on any atom is -0.462 e. The van der Waals surface area contributed by atoms with E-state index in [0.717, 1.165) is 135 Å². The van der Waals surface area contributed by atoms with Gasteiger partial charge >= 0.3 is 17.9 Å². The van der Waals surface area contributed by atoms with Crippen LogP contribution in [0, 0.1) is 0 Å². The molecule has 76 heavy (non-hydrogen) atoms. The van der Waals surface area contributed by atoms with E-state index in [4.69, 9.17) is 14.2 Å². The van der Waals surface area contributed by atoms with Crippen molar-refractivity contribution in [3.8, 4) is 0 Å². The van der Waals surface area contributed by atoms with Gasteiger partial charge in [0.15, 0.2) is 6.10 Å². The molecule has 0 aliphatic rings. The summed E-state index contributed by atoms with van der Waals surface area (Å²) in [5, 5.41) is 0. The van der Waals surface area contributed by atoms with Gasteiger partial charge in [0.25, 0.3) is 0 Å². The number of esters is 3. The summed E-state index contributed by atoms with van der Waals surface area (Å²) in [6, 6.07) is 0. The number of unbranched alkanes of at least 4 members (excludes halogenated alkanes) is 25. The minimum atomic E-state index is -0.786. The van der Waals surface area contributed by atoms with Crippen molar-refractivity contribution in [1.82, 2.24) is 0 Å². The molecule has 0 aromatic carbocycles. The number of rotatable bonds is 56. The molecule has 0 fully saturated rings. The minimum absolute atomic E-state index is 0.0839.